The molecular weight excluding hydrogens is 471 g/mol. The third-order valence-electron chi connectivity index (χ3n) is 5.45. The summed E-state index contributed by atoms with van der Waals surface area (Å²) in [5.74, 6) is -0.310. The highest BCUT2D eigenvalue weighted by Crippen LogP contribution is 2.31. The zero-order valence-corrected chi connectivity index (χ0v) is 19.3. The second-order valence-electron chi connectivity index (χ2n) is 8.12. The first-order valence-electron chi connectivity index (χ1n) is 10.9. The molecule has 10 heteroatoms. The largest absolute Gasteiger partial charge is 0.416 e. The first-order chi connectivity index (χ1) is 17.1. The molecule has 0 atom stereocenters. The number of anilines is 3. The first-order valence-corrected chi connectivity index (χ1v) is 10.9. The first kappa shape index (κ1) is 24.5. The average molecular weight is 493 g/mol. The standard InChI is InChI=1S/C26H22F3N5O2/c1-15-6-3-4-9-20(15)22-14-23(34-33-22)32-25(36)31-21-12-17(11-10-16(21)2)24(35)30-19-8-5-7-18(13-19)26(27,28)29/h3-14H,1-2H3,(H,30,35)(H3,31,32,33,34,36). The van der Waals surface area contributed by atoms with Gasteiger partial charge in [0.25, 0.3) is 5.91 Å². The maximum absolute atomic E-state index is 12.9. The number of aryl methyl sites for hydroxylation is 2. The lowest BCUT2D eigenvalue weighted by molar-refractivity contribution is -0.137. The maximum atomic E-state index is 12.9. The number of rotatable bonds is 5. The lowest BCUT2D eigenvalue weighted by Crippen LogP contribution is -2.21. The highest BCUT2D eigenvalue weighted by molar-refractivity contribution is 6.06. The monoisotopic (exact) mass is 493 g/mol. The number of hydrogen-bond donors (Lipinski definition) is 4. The van der Waals surface area contributed by atoms with Crippen molar-refractivity contribution < 1.29 is 22.8 Å². The quantitative estimate of drug-likeness (QED) is 0.252. The van der Waals surface area contributed by atoms with Crippen molar-refractivity contribution in [3.05, 3.63) is 95.1 Å². The summed E-state index contributed by atoms with van der Waals surface area (Å²) in [6, 6.07) is 17.8. The molecule has 4 rings (SSSR count). The number of halogens is 3. The van der Waals surface area contributed by atoms with Crippen molar-refractivity contribution in [2.45, 2.75) is 20.0 Å². The Hall–Kier alpha value is -4.60. The number of aromatic nitrogens is 2. The molecule has 4 aromatic rings. The van der Waals surface area contributed by atoms with Gasteiger partial charge in [0, 0.05) is 28.6 Å². The number of amides is 3. The van der Waals surface area contributed by atoms with Crippen LogP contribution in [0.2, 0.25) is 0 Å². The van der Waals surface area contributed by atoms with Crippen LogP contribution in [0, 0.1) is 13.8 Å². The summed E-state index contributed by atoms with van der Waals surface area (Å²) < 4.78 is 38.8. The topological polar surface area (TPSA) is 98.9 Å². The summed E-state index contributed by atoms with van der Waals surface area (Å²) in [7, 11) is 0. The van der Waals surface area contributed by atoms with Crippen LogP contribution < -0.4 is 16.0 Å². The molecule has 1 heterocycles. The lowest BCUT2D eigenvalue weighted by Gasteiger charge is -2.12. The van der Waals surface area contributed by atoms with E-state index in [1.165, 1.54) is 24.3 Å². The predicted octanol–water partition coefficient (Wildman–Crippen LogP) is 6.61. The minimum Gasteiger partial charge on any atom is -0.322 e. The second-order valence-corrected chi connectivity index (χ2v) is 8.12. The van der Waals surface area contributed by atoms with Gasteiger partial charge in [-0.05, 0) is 55.3 Å². The molecule has 0 aliphatic carbocycles. The van der Waals surface area contributed by atoms with Crippen molar-refractivity contribution in [2.75, 3.05) is 16.0 Å². The molecule has 0 aliphatic heterocycles. The number of carbonyl (C=O) groups excluding carboxylic acids is 2. The van der Waals surface area contributed by atoms with Crippen LogP contribution in [0.3, 0.4) is 0 Å². The Morgan fingerprint density at radius 2 is 1.61 bits per heavy atom. The zero-order valence-electron chi connectivity index (χ0n) is 19.3. The van der Waals surface area contributed by atoms with E-state index in [2.05, 4.69) is 26.1 Å². The van der Waals surface area contributed by atoms with E-state index in [0.717, 1.165) is 29.0 Å². The molecule has 3 amide bonds. The molecule has 184 valence electrons. The minimum absolute atomic E-state index is 0.00522. The molecule has 36 heavy (non-hydrogen) atoms. The van der Waals surface area contributed by atoms with Crippen LogP contribution >= 0.6 is 0 Å². The zero-order chi connectivity index (χ0) is 25.9. The third kappa shape index (κ3) is 5.72. The smallest absolute Gasteiger partial charge is 0.322 e. The Morgan fingerprint density at radius 1 is 0.833 bits per heavy atom. The number of carbonyl (C=O) groups is 2. The summed E-state index contributed by atoms with van der Waals surface area (Å²) in [6.07, 6.45) is -4.52. The van der Waals surface area contributed by atoms with Gasteiger partial charge < -0.3 is 10.6 Å². The summed E-state index contributed by atoms with van der Waals surface area (Å²) in [5, 5.41) is 14.8. The number of aromatic amines is 1. The SMILES string of the molecule is Cc1ccc(C(=O)Nc2cccc(C(F)(F)F)c2)cc1NC(=O)Nc1cc(-c2ccccc2C)[nH]n1. The van der Waals surface area contributed by atoms with Crippen LogP contribution in [0.1, 0.15) is 27.0 Å². The van der Waals surface area contributed by atoms with Crippen LogP contribution in [0.5, 0.6) is 0 Å². The Kier molecular flexibility index (Phi) is 6.77. The fraction of sp³-hybridized carbons (Fsp3) is 0.115. The van der Waals surface area contributed by atoms with E-state index in [1.54, 1.807) is 19.1 Å². The normalized spacial score (nSPS) is 11.1. The van der Waals surface area contributed by atoms with Gasteiger partial charge in [0.15, 0.2) is 5.82 Å². The summed E-state index contributed by atoms with van der Waals surface area (Å²) >= 11 is 0. The van der Waals surface area contributed by atoms with Crippen molar-refractivity contribution in [2.24, 2.45) is 0 Å². The van der Waals surface area contributed by atoms with E-state index in [4.69, 9.17) is 0 Å². The summed E-state index contributed by atoms with van der Waals surface area (Å²) in [4.78, 5) is 25.2. The molecule has 0 bridgehead atoms. The molecule has 0 fully saturated rings. The summed E-state index contributed by atoms with van der Waals surface area (Å²) in [6.45, 7) is 3.71. The number of alkyl halides is 3. The summed E-state index contributed by atoms with van der Waals surface area (Å²) in [5.41, 5.74) is 3.09. The molecule has 0 saturated heterocycles. The van der Waals surface area contributed by atoms with Crippen molar-refractivity contribution in [3.8, 4) is 11.3 Å². The van der Waals surface area contributed by atoms with E-state index >= 15 is 0 Å². The van der Waals surface area contributed by atoms with Gasteiger partial charge in [-0.25, -0.2) is 4.79 Å². The fourth-order valence-electron chi connectivity index (χ4n) is 3.54. The van der Waals surface area contributed by atoms with Gasteiger partial charge in [0.05, 0.1) is 11.3 Å². The van der Waals surface area contributed by atoms with Gasteiger partial charge in [0.1, 0.15) is 0 Å². The van der Waals surface area contributed by atoms with Crippen LogP contribution in [-0.2, 0) is 6.18 Å². The third-order valence-corrected chi connectivity index (χ3v) is 5.45. The molecule has 3 aromatic carbocycles. The van der Waals surface area contributed by atoms with Crippen LogP contribution in [0.15, 0.2) is 72.8 Å². The number of urea groups is 1. The lowest BCUT2D eigenvalue weighted by atomic mass is 10.1. The molecular formula is C26H22F3N5O2. The number of H-pyrrole nitrogens is 1. The van der Waals surface area contributed by atoms with Gasteiger partial charge in [-0.15, -0.1) is 0 Å². The maximum Gasteiger partial charge on any atom is 0.416 e. The molecule has 1 aromatic heterocycles. The number of nitrogens with zero attached hydrogens (tertiary/aromatic N) is 1. The van der Waals surface area contributed by atoms with Gasteiger partial charge in [0.2, 0.25) is 0 Å². The van der Waals surface area contributed by atoms with Gasteiger partial charge >= 0.3 is 12.2 Å². The molecule has 0 aliphatic rings. The fourth-order valence-corrected chi connectivity index (χ4v) is 3.54. The molecule has 4 N–H and O–H groups in total. The van der Waals surface area contributed by atoms with Crippen molar-refractivity contribution in [1.29, 1.82) is 0 Å². The number of hydrogen-bond acceptors (Lipinski definition) is 3. The predicted molar refractivity (Wildman–Crippen MR) is 132 cm³/mol. The molecule has 7 nitrogen and oxygen atoms in total. The minimum atomic E-state index is -4.52. The van der Waals surface area contributed by atoms with Gasteiger partial charge in [-0.2, -0.15) is 18.3 Å². The molecule has 0 saturated carbocycles. The number of nitrogens with one attached hydrogen (secondary N) is 4. The van der Waals surface area contributed by atoms with E-state index < -0.39 is 23.7 Å². The van der Waals surface area contributed by atoms with E-state index in [1.807, 2.05) is 31.2 Å². The van der Waals surface area contributed by atoms with E-state index in [-0.39, 0.29) is 11.3 Å². The average Bonchev–Trinajstić information content (AvgIpc) is 3.28. The number of benzene rings is 3. The van der Waals surface area contributed by atoms with E-state index in [9.17, 15) is 22.8 Å². The second kappa shape index (κ2) is 9.95. The molecule has 0 unspecified atom stereocenters. The molecule has 0 radical (unpaired) electrons. The van der Waals surface area contributed by atoms with Crippen molar-refractivity contribution >= 4 is 29.1 Å². The Balaban J connectivity index is 1.44. The highest BCUT2D eigenvalue weighted by atomic mass is 19.4. The Labute approximate surface area is 204 Å². The van der Waals surface area contributed by atoms with Crippen LogP contribution in [0.4, 0.5) is 35.2 Å². The van der Waals surface area contributed by atoms with Gasteiger partial charge in [-0.3, -0.25) is 15.2 Å². The Morgan fingerprint density at radius 3 is 2.36 bits per heavy atom. The van der Waals surface area contributed by atoms with Crippen LogP contribution in [-0.4, -0.2) is 22.1 Å². The van der Waals surface area contributed by atoms with Crippen LogP contribution in [0.25, 0.3) is 11.3 Å². The van der Waals surface area contributed by atoms with Gasteiger partial charge in [-0.1, -0.05) is 36.4 Å². The van der Waals surface area contributed by atoms with Crippen molar-refractivity contribution in [1.82, 2.24) is 10.2 Å². The molecule has 0 spiro atoms. The Bertz CT molecular complexity index is 1430. The van der Waals surface area contributed by atoms with E-state index in [0.29, 0.717) is 17.1 Å². The van der Waals surface area contributed by atoms with Crippen molar-refractivity contribution in [3.63, 3.8) is 0 Å². The highest BCUT2D eigenvalue weighted by Gasteiger charge is 2.30.